The number of nitrogens with one attached hydrogen (secondary N) is 1. The Labute approximate surface area is 91.2 Å². The zero-order valence-corrected chi connectivity index (χ0v) is 9.53. The van der Waals surface area contributed by atoms with Crippen LogP contribution in [0.1, 0.15) is 26.7 Å². The molecule has 0 spiro atoms. The van der Waals surface area contributed by atoms with Gasteiger partial charge in [-0.05, 0) is 62.8 Å². The number of hydrogen-bond acceptors (Lipinski definition) is 3. The summed E-state index contributed by atoms with van der Waals surface area (Å²) in [5.74, 6) is 0.470. The van der Waals surface area contributed by atoms with Crippen molar-refractivity contribution in [3.63, 3.8) is 0 Å². The average Bonchev–Trinajstić information content (AvgIpc) is 2.48. The molecule has 2 rings (SSSR count). The van der Waals surface area contributed by atoms with Crippen LogP contribution in [0.3, 0.4) is 0 Å². The molecule has 3 N–H and O–H groups in total. The number of aliphatic hydroxyl groups is 2. The average molecular weight is 211 g/mol. The molecule has 2 aliphatic rings. The molecule has 1 fully saturated rings. The van der Waals surface area contributed by atoms with Crippen LogP contribution in [-0.4, -0.2) is 35.5 Å². The molecule has 0 radical (unpaired) electrons. The van der Waals surface area contributed by atoms with Crippen molar-refractivity contribution in [1.82, 2.24) is 5.32 Å². The van der Waals surface area contributed by atoms with Crippen molar-refractivity contribution in [2.45, 2.75) is 38.9 Å². The number of rotatable bonds is 0. The maximum Gasteiger partial charge on any atom is 0.0783 e. The monoisotopic (exact) mass is 211 g/mol. The van der Waals surface area contributed by atoms with Gasteiger partial charge in [0.15, 0.2) is 0 Å². The van der Waals surface area contributed by atoms with Gasteiger partial charge in [0.25, 0.3) is 0 Å². The van der Waals surface area contributed by atoms with E-state index in [0.29, 0.717) is 0 Å². The summed E-state index contributed by atoms with van der Waals surface area (Å²) in [5.41, 5.74) is 1.95. The van der Waals surface area contributed by atoms with Gasteiger partial charge in [0.2, 0.25) is 0 Å². The molecule has 0 amide bonds. The van der Waals surface area contributed by atoms with Crippen molar-refractivity contribution >= 4 is 0 Å². The van der Waals surface area contributed by atoms with Gasteiger partial charge in [-0.2, -0.15) is 0 Å². The second kappa shape index (κ2) is 4.24. The molecule has 0 aromatic heterocycles. The van der Waals surface area contributed by atoms with E-state index in [-0.39, 0.29) is 24.0 Å². The lowest BCUT2D eigenvalue weighted by molar-refractivity contribution is 0.0172. The third-order valence-electron chi connectivity index (χ3n) is 4.18. The molecule has 1 aliphatic carbocycles. The van der Waals surface area contributed by atoms with Gasteiger partial charge in [0, 0.05) is 0 Å². The highest BCUT2D eigenvalue weighted by molar-refractivity contribution is 5.24. The van der Waals surface area contributed by atoms with Crippen molar-refractivity contribution in [3.05, 3.63) is 11.1 Å². The lowest BCUT2D eigenvalue weighted by atomic mass is 9.70. The second-order valence-electron chi connectivity index (χ2n) is 4.91. The number of fused-ring (bicyclic) bond motifs is 1. The van der Waals surface area contributed by atoms with Crippen molar-refractivity contribution in [2.24, 2.45) is 11.8 Å². The Bertz CT molecular complexity index is 249. The fraction of sp³-hybridized carbons (Fsp3) is 0.833. The molecule has 4 atom stereocenters. The largest absolute Gasteiger partial charge is 0.388 e. The Hall–Kier alpha value is -0.380. The first kappa shape index (κ1) is 11.1. The quantitative estimate of drug-likeness (QED) is 0.516. The van der Waals surface area contributed by atoms with E-state index in [1.807, 2.05) is 13.8 Å². The highest BCUT2D eigenvalue weighted by atomic mass is 16.3. The molecule has 86 valence electrons. The lowest BCUT2D eigenvalue weighted by Gasteiger charge is -2.39. The van der Waals surface area contributed by atoms with Crippen LogP contribution < -0.4 is 5.32 Å². The van der Waals surface area contributed by atoms with Gasteiger partial charge in [-0.15, -0.1) is 0 Å². The molecule has 1 saturated heterocycles. The molecule has 3 heteroatoms. The zero-order chi connectivity index (χ0) is 11.0. The molecular formula is C12H21NO2. The minimum absolute atomic E-state index is 0.235. The lowest BCUT2D eigenvalue weighted by Crippen LogP contribution is -2.41. The molecule has 4 unspecified atom stereocenters. The molecule has 3 nitrogen and oxygen atoms in total. The standard InChI is InChI=1S/C12H21NO2/c1-7-8(2)12(15)10-4-6-13-5-3-9(10)11(7)14/h9-15H,3-6H2,1-2H3. The summed E-state index contributed by atoms with van der Waals surface area (Å²) in [4.78, 5) is 0. The van der Waals surface area contributed by atoms with E-state index >= 15 is 0 Å². The van der Waals surface area contributed by atoms with Gasteiger partial charge >= 0.3 is 0 Å². The molecule has 15 heavy (non-hydrogen) atoms. The van der Waals surface area contributed by atoms with Gasteiger partial charge < -0.3 is 15.5 Å². The van der Waals surface area contributed by atoms with E-state index in [1.165, 1.54) is 0 Å². The van der Waals surface area contributed by atoms with E-state index < -0.39 is 0 Å². The third-order valence-corrected chi connectivity index (χ3v) is 4.18. The molecule has 0 bridgehead atoms. The van der Waals surface area contributed by atoms with Gasteiger partial charge in [-0.3, -0.25) is 0 Å². The van der Waals surface area contributed by atoms with Gasteiger partial charge in [-0.1, -0.05) is 0 Å². The Kier molecular flexibility index (Phi) is 3.14. The van der Waals surface area contributed by atoms with Crippen molar-refractivity contribution < 1.29 is 10.2 Å². The number of aliphatic hydroxyl groups excluding tert-OH is 2. The van der Waals surface area contributed by atoms with Crippen LogP contribution in [-0.2, 0) is 0 Å². The first-order chi connectivity index (χ1) is 7.13. The van der Waals surface area contributed by atoms with Gasteiger partial charge in [0.05, 0.1) is 12.2 Å². The molecule has 0 aromatic carbocycles. The number of hydrogen-bond donors (Lipinski definition) is 3. The summed E-state index contributed by atoms with van der Waals surface area (Å²) < 4.78 is 0. The molecular weight excluding hydrogens is 190 g/mol. The molecule has 0 aromatic rings. The highest BCUT2D eigenvalue weighted by Gasteiger charge is 2.40. The van der Waals surface area contributed by atoms with Gasteiger partial charge in [0.1, 0.15) is 0 Å². The summed E-state index contributed by atoms with van der Waals surface area (Å²) in [6, 6.07) is 0. The van der Waals surface area contributed by atoms with Crippen LogP contribution in [0.2, 0.25) is 0 Å². The van der Waals surface area contributed by atoms with Gasteiger partial charge in [-0.25, -0.2) is 0 Å². The van der Waals surface area contributed by atoms with E-state index in [2.05, 4.69) is 5.32 Å². The summed E-state index contributed by atoms with van der Waals surface area (Å²) in [6.07, 6.45) is 1.23. The van der Waals surface area contributed by atoms with Crippen LogP contribution in [0, 0.1) is 11.8 Å². The normalized spacial score (nSPS) is 42.4. The molecule has 1 heterocycles. The Balaban J connectivity index is 2.29. The predicted molar refractivity (Wildman–Crippen MR) is 59.5 cm³/mol. The summed E-state index contributed by atoms with van der Waals surface area (Å²) in [6.45, 7) is 5.80. The smallest absolute Gasteiger partial charge is 0.0783 e. The first-order valence-electron chi connectivity index (χ1n) is 5.87. The fourth-order valence-electron chi connectivity index (χ4n) is 2.98. The summed E-state index contributed by atoms with van der Waals surface area (Å²) >= 11 is 0. The summed E-state index contributed by atoms with van der Waals surface area (Å²) in [7, 11) is 0. The topological polar surface area (TPSA) is 52.5 Å². The van der Waals surface area contributed by atoms with Crippen LogP contribution in [0.25, 0.3) is 0 Å². The minimum Gasteiger partial charge on any atom is -0.388 e. The van der Waals surface area contributed by atoms with E-state index in [4.69, 9.17) is 0 Å². The van der Waals surface area contributed by atoms with Crippen LogP contribution in [0.15, 0.2) is 11.1 Å². The first-order valence-corrected chi connectivity index (χ1v) is 5.87. The Morgan fingerprint density at radius 3 is 1.73 bits per heavy atom. The van der Waals surface area contributed by atoms with Crippen molar-refractivity contribution in [3.8, 4) is 0 Å². The zero-order valence-electron chi connectivity index (χ0n) is 9.53. The van der Waals surface area contributed by atoms with Crippen LogP contribution in [0.5, 0.6) is 0 Å². The van der Waals surface area contributed by atoms with E-state index in [9.17, 15) is 10.2 Å². The Morgan fingerprint density at radius 1 is 0.933 bits per heavy atom. The molecule has 0 saturated carbocycles. The molecule has 1 aliphatic heterocycles. The third kappa shape index (κ3) is 1.84. The second-order valence-corrected chi connectivity index (χ2v) is 4.91. The minimum atomic E-state index is -0.349. The van der Waals surface area contributed by atoms with E-state index in [1.54, 1.807) is 0 Å². The van der Waals surface area contributed by atoms with Crippen LogP contribution >= 0.6 is 0 Å². The highest BCUT2D eigenvalue weighted by Crippen LogP contribution is 2.38. The maximum atomic E-state index is 10.2. The van der Waals surface area contributed by atoms with Crippen molar-refractivity contribution in [2.75, 3.05) is 13.1 Å². The summed E-state index contributed by atoms with van der Waals surface area (Å²) in [5, 5.41) is 23.7. The van der Waals surface area contributed by atoms with Crippen molar-refractivity contribution in [1.29, 1.82) is 0 Å². The fourth-order valence-corrected chi connectivity index (χ4v) is 2.98. The predicted octanol–water partition coefficient (Wildman–Crippen LogP) is 0.674. The SMILES string of the molecule is CC1=C(C)C(O)C2CCNCCC2C1O. The van der Waals surface area contributed by atoms with Crippen LogP contribution in [0.4, 0.5) is 0 Å². The maximum absolute atomic E-state index is 10.2. The van der Waals surface area contributed by atoms with E-state index in [0.717, 1.165) is 37.1 Å². The Morgan fingerprint density at radius 2 is 1.33 bits per heavy atom.